The molecule has 1 aromatic carbocycles. The van der Waals surface area contributed by atoms with Crippen LogP contribution in [0.3, 0.4) is 0 Å². The lowest BCUT2D eigenvalue weighted by atomic mass is 10.2. The molecule has 0 aliphatic carbocycles. The molecule has 0 saturated carbocycles. The molecule has 3 heterocycles. The number of rotatable bonds is 6. The number of hydrogen-bond donors (Lipinski definition) is 1. The van der Waals surface area contributed by atoms with E-state index in [1.54, 1.807) is 4.68 Å². The summed E-state index contributed by atoms with van der Waals surface area (Å²) in [5.41, 5.74) is -0.0976. The van der Waals surface area contributed by atoms with Crippen molar-refractivity contribution in [1.29, 1.82) is 0 Å². The molecule has 1 N–H and O–H groups in total. The Hall–Kier alpha value is -2.84. The molecule has 0 amide bonds. The number of fused-ring (bicyclic) bond motifs is 1. The van der Waals surface area contributed by atoms with Crippen molar-refractivity contribution in [3.05, 3.63) is 39.6 Å². The summed E-state index contributed by atoms with van der Waals surface area (Å²) in [6, 6.07) is 3.17. The molecule has 31 heavy (non-hydrogen) atoms. The minimum absolute atomic E-state index is 0.0799. The summed E-state index contributed by atoms with van der Waals surface area (Å²) in [6.07, 6.45) is -3.01. The average Bonchev–Trinajstić information content (AvgIpc) is 3.33. The van der Waals surface area contributed by atoms with Gasteiger partial charge in [0.25, 0.3) is 0 Å². The number of aromatic amines is 1. The maximum Gasteiger partial charge on any atom is 0.416 e. The number of nitrogens with zero attached hydrogens (tertiary/aromatic N) is 7. The van der Waals surface area contributed by atoms with Crippen LogP contribution in [0.15, 0.2) is 39.4 Å². The van der Waals surface area contributed by atoms with Gasteiger partial charge in [-0.1, -0.05) is 11.3 Å². The molecular formula is C17H15F3N8OS2. The molecule has 0 atom stereocenters. The first kappa shape index (κ1) is 21.4. The van der Waals surface area contributed by atoms with Gasteiger partial charge >= 0.3 is 11.0 Å². The number of thiazole rings is 1. The predicted molar refractivity (Wildman–Crippen MR) is 109 cm³/mol. The highest BCUT2D eigenvalue weighted by Crippen LogP contribution is 2.36. The molecule has 0 unspecified atom stereocenters. The summed E-state index contributed by atoms with van der Waals surface area (Å²) in [6.45, 7) is 1.19. The molecule has 0 fully saturated rings. The summed E-state index contributed by atoms with van der Waals surface area (Å²) < 4.78 is 41.0. The lowest BCUT2D eigenvalue weighted by molar-refractivity contribution is -0.137. The van der Waals surface area contributed by atoms with Crippen molar-refractivity contribution in [3.63, 3.8) is 0 Å². The molecule has 4 aromatic rings. The second-order valence-electron chi connectivity index (χ2n) is 6.71. The number of nitrogens with one attached hydrogen (secondary N) is 1. The summed E-state index contributed by atoms with van der Waals surface area (Å²) in [5.74, 6) is 0. The van der Waals surface area contributed by atoms with E-state index in [9.17, 15) is 18.0 Å². The molecular weight excluding hydrogens is 453 g/mol. The van der Waals surface area contributed by atoms with Crippen LogP contribution in [-0.2, 0) is 12.7 Å². The van der Waals surface area contributed by atoms with E-state index < -0.39 is 11.7 Å². The highest BCUT2D eigenvalue weighted by atomic mass is 32.2. The van der Waals surface area contributed by atoms with Crippen molar-refractivity contribution in [2.75, 3.05) is 20.6 Å². The minimum atomic E-state index is -4.50. The molecule has 0 radical (unpaired) electrons. The van der Waals surface area contributed by atoms with Gasteiger partial charge in [0.2, 0.25) is 5.16 Å². The maximum absolute atomic E-state index is 13.1. The second-order valence-corrected chi connectivity index (χ2v) is 8.68. The molecule has 9 nitrogen and oxygen atoms in total. The largest absolute Gasteiger partial charge is 0.416 e. The monoisotopic (exact) mass is 468 g/mol. The Bertz CT molecular complexity index is 1280. The smallest absolute Gasteiger partial charge is 0.319 e. The standard InChI is InChI=1S/C17H15F3N8OS2/c1-27(2)5-6-28-15(24-25-26-28)31-14-13(12-8-21-16(29)30-12)22-10-4-3-9(17(18,19)20)7-11(10)23-14/h3-4,7-8H,5-6H2,1-2H3,(H,21,29). The number of alkyl halides is 3. The van der Waals surface area contributed by atoms with Crippen molar-refractivity contribution < 1.29 is 13.2 Å². The van der Waals surface area contributed by atoms with E-state index in [1.165, 1.54) is 12.3 Å². The number of H-pyrrole nitrogens is 1. The van der Waals surface area contributed by atoms with E-state index in [1.807, 2.05) is 19.0 Å². The fourth-order valence-electron chi connectivity index (χ4n) is 2.64. The van der Waals surface area contributed by atoms with Gasteiger partial charge in [0, 0.05) is 12.7 Å². The van der Waals surface area contributed by atoms with Gasteiger partial charge in [0.05, 0.1) is 28.0 Å². The molecule has 4 rings (SSSR count). The van der Waals surface area contributed by atoms with E-state index in [4.69, 9.17) is 0 Å². The van der Waals surface area contributed by atoms with Gasteiger partial charge in [0.15, 0.2) is 0 Å². The highest BCUT2D eigenvalue weighted by molar-refractivity contribution is 7.99. The third-order valence-electron chi connectivity index (χ3n) is 4.16. The van der Waals surface area contributed by atoms with Crippen molar-refractivity contribution in [2.24, 2.45) is 0 Å². The SMILES string of the molecule is CN(C)CCn1nnnc1Sc1nc2cc(C(F)(F)F)ccc2nc1-c1c[nH]c(=O)s1. The van der Waals surface area contributed by atoms with Gasteiger partial charge in [-0.05, 0) is 54.5 Å². The molecule has 162 valence electrons. The van der Waals surface area contributed by atoms with Crippen molar-refractivity contribution in [1.82, 2.24) is 40.1 Å². The van der Waals surface area contributed by atoms with Crippen LogP contribution >= 0.6 is 23.1 Å². The van der Waals surface area contributed by atoms with Gasteiger partial charge in [-0.2, -0.15) is 13.2 Å². The fourth-order valence-corrected chi connectivity index (χ4v) is 4.26. The third-order valence-corrected chi connectivity index (χ3v) is 5.95. The maximum atomic E-state index is 13.1. The van der Waals surface area contributed by atoms with Crippen molar-refractivity contribution >= 4 is 34.1 Å². The molecule has 0 aliphatic heterocycles. The van der Waals surface area contributed by atoms with Gasteiger partial charge < -0.3 is 9.88 Å². The molecule has 14 heteroatoms. The van der Waals surface area contributed by atoms with Crippen LogP contribution in [0, 0.1) is 0 Å². The lowest BCUT2D eigenvalue weighted by Gasteiger charge is -2.11. The van der Waals surface area contributed by atoms with Crippen molar-refractivity contribution in [2.45, 2.75) is 22.9 Å². The van der Waals surface area contributed by atoms with Crippen LogP contribution < -0.4 is 4.87 Å². The Morgan fingerprint density at radius 2 is 2.03 bits per heavy atom. The zero-order chi connectivity index (χ0) is 22.2. The Kier molecular flexibility index (Phi) is 5.77. The normalized spacial score (nSPS) is 12.2. The predicted octanol–water partition coefficient (Wildman–Crippen LogP) is 2.76. The van der Waals surface area contributed by atoms with Crippen LogP contribution in [-0.4, -0.2) is 60.7 Å². The van der Waals surface area contributed by atoms with Crippen LogP contribution in [0.2, 0.25) is 0 Å². The van der Waals surface area contributed by atoms with E-state index in [-0.39, 0.29) is 15.9 Å². The zero-order valence-electron chi connectivity index (χ0n) is 16.2. The summed E-state index contributed by atoms with van der Waals surface area (Å²) >= 11 is 2.01. The van der Waals surface area contributed by atoms with E-state index in [2.05, 4.69) is 30.5 Å². The number of aromatic nitrogens is 7. The molecule has 0 spiro atoms. The third kappa shape index (κ3) is 4.75. The Morgan fingerprint density at radius 3 is 2.71 bits per heavy atom. The Balaban J connectivity index is 1.81. The molecule has 0 bridgehead atoms. The van der Waals surface area contributed by atoms with Crippen molar-refractivity contribution in [3.8, 4) is 10.6 Å². The van der Waals surface area contributed by atoms with E-state index in [0.717, 1.165) is 35.2 Å². The van der Waals surface area contributed by atoms with Crippen LogP contribution in [0.1, 0.15) is 5.56 Å². The highest BCUT2D eigenvalue weighted by Gasteiger charge is 2.31. The van der Waals surface area contributed by atoms with Crippen LogP contribution in [0.4, 0.5) is 13.2 Å². The average molecular weight is 468 g/mol. The second kappa shape index (κ2) is 8.36. The van der Waals surface area contributed by atoms with Gasteiger partial charge in [-0.25, -0.2) is 14.6 Å². The van der Waals surface area contributed by atoms with Crippen LogP contribution in [0.5, 0.6) is 0 Å². The van der Waals surface area contributed by atoms with Crippen LogP contribution in [0.25, 0.3) is 21.6 Å². The first-order valence-corrected chi connectivity index (χ1v) is 10.5. The summed E-state index contributed by atoms with van der Waals surface area (Å²) in [5, 5.41) is 12.3. The minimum Gasteiger partial charge on any atom is -0.319 e. The first-order valence-electron chi connectivity index (χ1n) is 8.87. The summed E-state index contributed by atoms with van der Waals surface area (Å²) in [4.78, 5) is 25.3. The number of hydrogen-bond acceptors (Lipinski definition) is 9. The number of benzene rings is 1. The zero-order valence-corrected chi connectivity index (χ0v) is 17.8. The fraction of sp³-hybridized carbons (Fsp3) is 0.294. The molecule has 3 aromatic heterocycles. The quantitative estimate of drug-likeness (QED) is 0.461. The van der Waals surface area contributed by atoms with E-state index in [0.29, 0.717) is 33.8 Å². The molecule has 0 saturated heterocycles. The van der Waals surface area contributed by atoms with Gasteiger partial charge in [-0.3, -0.25) is 4.79 Å². The Morgan fingerprint density at radius 1 is 1.23 bits per heavy atom. The summed E-state index contributed by atoms with van der Waals surface area (Å²) in [7, 11) is 3.83. The number of likely N-dealkylation sites (N-methyl/N-ethyl adjacent to an activating group) is 1. The lowest BCUT2D eigenvalue weighted by Crippen LogP contribution is -2.19. The van der Waals surface area contributed by atoms with Gasteiger partial charge in [0.1, 0.15) is 10.7 Å². The first-order chi connectivity index (χ1) is 14.7. The van der Waals surface area contributed by atoms with E-state index >= 15 is 0 Å². The van der Waals surface area contributed by atoms with Gasteiger partial charge in [-0.15, -0.1) is 5.10 Å². The number of halogens is 3. The Labute approximate surface area is 181 Å². The topological polar surface area (TPSA) is 105 Å². The number of tetrazole rings is 1. The molecule has 0 aliphatic rings.